The zero-order chi connectivity index (χ0) is 8.27. The molecule has 1 heterocycles. The van der Waals surface area contributed by atoms with E-state index in [1.165, 1.54) is 0 Å². The fourth-order valence-electron chi connectivity index (χ4n) is 0.741. The van der Waals surface area contributed by atoms with Gasteiger partial charge in [0.25, 0.3) is 0 Å². The number of guanidine groups is 1. The molecule has 1 saturated heterocycles. The highest BCUT2D eigenvalue weighted by Crippen LogP contribution is 1.99. The van der Waals surface area contributed by atoms with E-state index in [4.69, 9.17) is 16.2 Å². The maximum Gasteiger partial charge on any atom is 0.407 e. The number of alkyl carbamates (subject to hydrolysis) is 1. The van der Waals surface area contributed by atoms with Crippen molar-refractivity contribution in [2.24, 2.45) is 16.5 Å². The van der Waals surface area contributed by atoms with Crippen LogP contribution >= 0.6 is 24.0 Å². The van der Waals surface area contributed by atoms with Crippen molar-refractivity contribution in [2.45, 2.75) is 6.10 Å². The van der Waals surface area contributed by atoms with Gasteiger partial charge in [0.1, 0.15) is 6.10 Å². The quantitative estimate of drug-likeness (QED) is 0.343. The highest BCUT2D eigenvalue weighted by atomic mass is 127. The molecule has 1 rings (SSSR count). The number of halogens is 1. The summed E-state index contributed by atoms with van der Waals surface area (Å²) in [4.78, 5) is 14.1. The standard InChI is InChI=1S/C5H10N4O2.HI/c6-4(7)8-1-3-2-9-5(10)11-3;/h3H,1-2H2,(H,9,10)(H4,6,7,8);1H. The predicted molar refractivity (Wildman–Crippen MR) is 54.4 cm³/mol. The number of nitrogens with one attached hydrogen (secondary N) is 1. The van der Waals surface area contributed by atoms with E-state index in [-0.39, 0.29) is 36.0 Å². The summed E-state index contributed by atoms with van der Waals surface area (Å²) in [6.07, 6.45) is -0.648. The smallest absolute Gasteiger partial charge is 0.407 e. The number of aliphatic imine (C=N–C) groups is 1. The summed E-state index contributed by atoms with van der Waals surface area (Å²) in [5, 5.41) is 2.48. The lowest BCUT2D eigenvalue weighted by molar-refractivity contribution is 0.144. The molecule has 1 aliphatic rings. The Hall–Kier alpha value is -0.730. The molecule has 0 aliphatic carbocycles. The zero-order valence-corrected chi connectivity index (χ0v) is 8.65. The van der Waals surface area contributed by atoms with Gasteiger partial charge >= 0.3 is 6.09 Å². The van der Waals surface area contributed by atoms with Crippen molar-refractivity contribution in [1.29, 1.82) is 0 Å². The van der Waals surface area contributed by atoms with Crippen molar-refractivity contribution in [3.05, 3.63) is 0 Å². The van der Waals surface area contributed by atoms with Crippen LogP contribution in [0.2, 0.25) is 0 Å². The first-order valence-corrected chi connectivity index (χ1v) is 3.18. The van der Waals surface area contributed by atoms with E-state index in [2.05, 4.69) is 10.3 Å². The summed E-state index contributed by atoms with van der Waals surface area (Å²) < 4.78 is 4.74. The van der Waals surface area contributed by atoms with E-state index in [1.807, 2.05) is 0 Å². The second-order valence-corrected chi connectivity index (χ2v) is 2.17. The van der Waals surface area contributed by atoms with Crippen molar-refractivity contribution in [2.75, 3.05) is 13.1 Å². The molecule has 7 heteroatoms. The topological polar surface area (TPSA) is 103 Å². The maximum absolute atomic E-state index is 10.5. The molecule has 1 amide bonds. The summed E-state index contributed by atoms with van der Waals surface area (Å²) in [5.41, 5.74) is 10.1. The SMILES string of the molecule is I.NC(N)=NCC1CNC(=O)O1. The van der Waals surface area contributed by atoms with Crippen LogP contribution in [0.1, 0.15) is 0 Å². The Bertz CT molecular complexity index is 192. The molecule has 0 saturated carbocycles. The second kappa shape index (κ2) is 5.01. The number of nitrogens with zero attached hydrogens (tertiary/aromatic N) is 1. The van der Waals surface area contributed by atoms with Gasteiger partial charge in [-0.25, -0.2) is 9.79 Å². The highest BCUT2D eigenvalue weighted by molar-refractivity contribution is 14.0. The lowest BCUT2D eigenvalue weighted by Gasteiger charge is -2.02. The first kappa shape index (κ1) is 11.3. The van der Waals surface area contributed by atoms with Gasteiger partial charge in [-0.15, -0.1) is 24.0 Å². The maximum atomic E-state index is 10.5. The third-order valence-corrected chi connectivity index (χ3v) is 1.23. The molecule has 0 radical (unpaired) electrons. The predicted octanol–water partition coefficient (Wildman–Crippen LogP) is -1.01. The van der Waals surface area contributed by atoms with Crippen molar-refractivity contribution in [3.8, 4) is 0 Å². The van der Waals surface area contributed by atoms with Crippen molar-refractivity contribution >= 4 is 36.0 Å². The second-order valence-electron chi connectivity index (χ2n) is 2.17. The number of nitrogens with two attached hydrogens (primary N) is 2. The Morgan fingerprint density at radius 1 is 1.75 bits per heavy atom. The Balaban J connectivity index is 0.00000121. The summed E-state index contributed by atoms with van der Waals surface area (Å²) in [6, 6.07) is 0. The summed E-state index contributed by atoms with van der Waals surface area (Å²) >= 11 is 0. The van der Waals surface area contributed by atoms with Crippen LogP contribution in [-0.4, -0.2) is 31.2 Å². The molecule has 1 unspecified atom stereocenters. The van der Waals surface area contributed by atoms with Crippen LogP contribution in [0.5, 0.6) is 0 Å². The van der Waals surface area contributed by atoms with E-state index in [1.54, 1.807) is 0 Å². The van der Waals surface area contributed by atoms with Gasteiger partial charge in [-0.3, -0.25) is 0 Å². The minimum Gasteiger partial charge on any atom is -0.442 e. The first-order chi connectivity index (χ1) is 5.18. The highest BCUT2D eigenvalue weighted by Gasteiger charge is 2.21. The number of carbonyl (C=O) groups is 1. The van der Waals surface area contributed by atoms with Gasteiger partial charge in [-0.2, -0.15) is 0 Å². The number of carbonyl (C=O) groups excluding carboxylic acids is 1. The summed E-state index contributed by atoms with van der Waals surface area (Å²) in [5.74, 6) is 0.00736. The Morgan fingerprint density at radius 2 is 2.42 bits per heavy atom. The third kappa shape index (κ3) is 3.60. The molecular weight excluding hydrogens is 275 g/mol. The number of rotatable bonds is 2. The summed E-state index contributed by atoms with van der Waals surface area (Å²) in [7, 11) is 0. The molecule has 5 N–H and O–H groups in total. The van der Waals surface area contributed by atoms with Crippen molar-refractivity contribution in [3.63, 3.8) is 0 Å². The molecule has 0 bridgehead atoms. The van der Waals surface area contributed by atoms with E-state index in [0.717, 1.165) is 0 Å². The van der Waals surface area contributed by atoms with Gasteiger partial charge in [0.05, 0.1) is 13.1 Å². The van der Waals surface area contributed by atoms with E-state index >= 15 is 0 Å². The van der Waals surface area contributed by atoms with Gasteiger partial charge in [-0.05, 0) is 0 Å². The molecule has 12 heavy (non-hydrogen) atoms. The largest absolute Gasteiger partial charge is 0.442 e. The van der Waals surface area contributed by atoms with E-state index in [9.17, 15) is 4.79 Å². The van der Waals surface area contributed by atoms with Gasteiger partial charge in [0.15, 0.2) is 5.96 Å². The zero-order valence-electron chi connectivity index (χ0n) is 6.32. The average molecular weight is 286 g/mol. The Labute approximate surface area is 86.7 Å². The first-order valence-electron chi connectivity index (χ1n) is 3.18. The van der Waals surface area contributed by atoms with Crippen LogP contribution in [-0.2, 0) is 4.74 Å². The monoisotopic (exact) mass is 286 g/mol. The molecule has 1 atom stereocenters. The average Bonchev–Trinajstić information content (AvgIpc) is 2.31. The number of hydrogen-bond acceptors (Lipinski definition) is 3. The van der Waals surface area contributed by atoms with Gasteiger partial charge in [0.2, 0.25) is 0 Å². The van der Waals surface area contributed by atoms with Crippen molar-refractivity contribution < 1.29 is 9.53 Å². The molecule has 0 aromatic rings. The lowest BCUT2D eigenvalue weighted by Crippen LogP contribution is -2.26. The number of ether oxygens (including phenoxy) is 1. The molecule has 70 valence electrons. The number of cyclic esters (lactones) is 1. The van der Waals surface area contributed by atoms with Crippen LogP contribution < -0.4 is 16.8 Å². The van der Waals surface area contributed by atoms with Crippen molar-refractivity contribution in [1.82, 2.24) is 5.32 Å². The fourth-order valence-corrected chi connectivity index (χ4v) is 0.741. The van der Waals surface area contributed by atoms with Crippen LogP contribution in [0.4, 0.5) is 4.79 Å². The van der Waals surface area contributed by atoms with Gasteiger partial charge in [0, 0.05) is 0 Å². The van der Waals surface area contributed by atoms with Gasteiger partial charge in [-0.1, -0.05) is 0 Å². The van der Waals surface area contributed by atoms with E-state index < -0.39 is 6.09 Å². The fraction of sp³-hybridized carbons (Fsp3) is 0.600. The van der Waals surface area contributed by atoms with Crippen LogP contribution in [0.25, 0.3) is 0 Å². The number of hydrogen-bond donors (Lipinski definition) is 3. The van der Waals surface area contributed by atoms with Crippen LogP contribution in [0.15, 0.2) is 4.99 Å². The lowest BCUT2D eigenvalue weighted by atomic mass is 10.4. The van der Waals surface area contributed by atoms with E-state index in [0.29, 0.717) is 13.1 Å². The molecule has 0 aromatic heterocycles. The third-order valence-electron chi connectivity index (χ3n) is 1.23. The Morgan fingerprint density at radius 3 is 2.83 bits per heavy atom. The number of amides is 1. The van der Waals surface area contributed by atoms with Crippen LogP contribution in [0.3, 0.4) is 0 Å². The molecule has 0 spiro atoms. The van der Waals surface area contributed by atoms with Crippen LogP contribution in [0, 0.1) is 0 Å². The minimum absolute atomic E-state index is 0. The molecule has 1 aliphatic heterocycles. The minimum atomic E-state index is -0.416. The summed E-state index contributed by atoms with van der Waals surface area (Å²) in [6.45, 7) is 0.788. The Kier molecular flexibility index (Phi) is 4.71. The molecule has 1 fully saturated rings. The molecular formula is C5H11IN4O2. The normalized spacial score (nSPS) is 20.3. The molecule has 0 aromatic carbocycles. The molecule has 6 nitrogen and oxygen atoms in total. The van der Waals surface area contributed by atoms with Gasteiger partial charge < -0.3 is 21.5 Å².